The number of halogens is 4. The van der Waals surface area contributed by atoms with Gasteiger partial charge in [0, 0.05) is 7.97 Å². The summed E-state index contributed by atoms with van der Waals surface area (Å²) in [5.41, 5.74) is 4.68. The second-order valence-corrected chi connectivity index (χ2v) is 14.8. The van der Waals surface area contributed by atoms with E-state index in [9.17, 15) is 40.7 Å². The average molecular weight is 870 g/mol. The minimum absolute atomic E-state index is 0. The highest BCUT2D eigenvalue weighted by atomic mass is 32.2. The Hall–Kier alpha value is -6.59. The van der Waals surface area contributed by atoms with Gasteiger partial charge < -0.3 is 30.6 Å². The van der Waals surface area contributed by atoms with Gasteiger partial charge in [0.25, 0.3) is 0 Å². The summed E-state index contributed by atoms with van der Waals surface area (Å²) in [6.45, 7) is 5.78. The lowest BCUT2D eigenvalue weighted by molar-refractivity contribution is 0.0685. The fraction of sp³-hybridized carbons (Fsp3) is 0.156. The van der Waals surface area contributed by atoms with E-state index < -0.39 is 45.2 Å². The normalized spacial score (nSPS) is 10.3. The number of carbonyl (C=O) groups is 2. The highest BCUT2D eigenvalue weighted by Crippen LogP contribution is 2.19. The van der Waals surface area contributed by atoms with Crippen molar-refractivity contribution >= 4 is 22.0 Å². The molecule has 0 amide bonds. The predicted octanol–water partition coefficient (Wildman–Crippen LogP) is 8.21. The monoisotopic (exact) mass is 869 g/mol. The van der Waals surface area contributed by atoms with Crippen LogP contribution in [-0.4, -0.2) is 48.1 Å². The van der Waals surface area contributed by atoms with E-state index in [0.717, 1.165) is 47.0 Å². The van der Waals surface area contributed by atoms with Crippen molar-refractivity contribution in [2.45, 2.75) is 45.3 Å². The van der Waals surface area contributed by atoms with E-state index in [1.165, 1.54) is 24.3 Å². The van der Waals surface area contributed by atoms with E-state index in [1.807, 2.05) is 37.3 Å². The number of rotatable bonds is 13. The minimum atomic E-state index is -3.85. The molecule has 0 unspecified atom stereocenters. The number of benzene rings is 6. The molecule has 0 fully saturated rings. The SMILES string of the molecule is Cc1ccc(OCc2ccc(F)c(F)c2)cc1.Cc1ccc(S(=O)(=O)NCCc2ccc(OCc3ccc(F)c(F)c3)cc2)cc1C(=O)O.Cc1ccccc1C(=O)O.O.O.[HH]. The molecule has 326 valence electrons. The Bertz CT molecular complexity index is 2490. The molecule has 0 spiro atoms. The smallest absolute Gasteiger partial charge is 0.335 e. The first-order valence-corrected chi connectivity index (χ1v) is 19.4. The lowest BCUT2D eigenvalue weighted by Gasteiger charge is -2.10. The van der Waals surface area contributed by atoms with E-state index in [0.29, 0.717) is 40.2 Å². The van der Waals surface area contributed by atoms with Gasteiger partial charge in [0.05, 0.1) is 16.0 Å². The molecule has 6 rings (SSSR count). The molecule has 0 aliphatic carbocycles. The number of aryl methyl sites for hydroxylation is 3. The maximum atomic E-state index is 13.2. The van der Waals surface area contributed by atoms with Crippen molar-refractivity contribution in [2.24, 2.45) is 0 Å². The van der Waals surface area contributed by atoms with E-state index in [2.05, 4.69) is 4.72 Å². The summed E-state index contributed by atoms with van der Waals surface area (Å²) in [6.07, 6.45) is 0.403. The Kier molecular flexibility index (Phi) is 19.8. The molecule has 6 aromatic rings. The quantitative estimate of drug-likeness (QED) is 0.0964. The van der Waals surface area contributed by atoms with Gasteiger partial charge in [0.1, 0.15) is 24.7 Å². The number of aromatic carboxylic acids is 2. The van der Waals surface area contributed by atoms with E-state index in [-0.39, 0.29) is 42.6 Å². The molecule has 0 aliphatic rings. The van der Waals surface area contributed by atoms with Crippen LogP contribution < -0.4 is 14.2 Å². The number of hydrogen-bond donors (Lipinski definition) is 3. The van der Waals surface area contributed by atoms with Crippen molar-refractivity contribution in [3.63, 3.8) is 0 Å². The Morgan fingerprint density at radius 2 is 1.03 bits per heavy atom. The highest BCUT2D eigenvalue weighted by molar-refractivity contribution is 7.89. The molecule has 0 bridgehead atoms. The summed E-state index contributed by atoms with van der Waals surface area (Å²) in [7, 11) is -3.85. The topological polar surface area (TPSA) is 202 Å². The third-order valence-electron chi connectivity index (χ3n) is 8.55. The number of ether oxygens (including phenoxy) is 2. The Morgan fingerprint density at radius 1 is 0.574 bits per heavy atom. The maximum Gasteiger partial charge on any atom is 0.335 e. The molecule has 7 N–H and O–H groups in total. The maximum absolute atomic E-state index is 13.2. The Morgan fingerprint density at radius 3 is 1.49 bits per heavy atom. The molecule has 0 saturated heterocycles. The number of sulfonamides is 1. The molecule has 16 heteroatoms. The summed E-state index contributed by atoms with van der Waals surface area (Å²) >= 11 is 0. The zero-order chi connectivity index (χ0) is 43.1. The van der Waals surface area contributed by atoms with Crippen LogP contribution in [0.5, 0.6) is 11.5 Å². The number of carboxylic acid groups (broad SMARTS) is 2. The number of nitrogens with one attached hydrogen (secondary N) is 1. The first kappa shape index (κ1) is 50.6. The second kappa shape index (κ2) is 23.9. The molecule has 0 aromatic heterocycles. The third-order valence-corrected chi connectivity index (χ3v) is 10.0. The summed E-state index contributed by atoms with van der Waals surface area (Å²) in [5.74, 6) is -4.36. The van der Waals surface area contributed by atoms with Gasteiger partial charge in [-0.05, 0) is 122 Å². The Balaban J connectivity index is 0.000000535. The second-order valence-electron chi connectivity index (χ2n) is 13.1. The number of carboxylic acids is 2. The van der Waals surface area contributed by atoms with Crippen molar-refractivity contribution in [2.75, 3.05) is 6.54 Å². The van der Waals surface area contributed by atoms with Gasteiger partial charge in [-0.2, -0.15) is 0 Å². The summed E-state index contributed by atoms with van der Waals surface area (Å²) < 4.78 is 90.2. The third kappa shape index (κ3) is 15.8. The molecule has 11 nitrogen and oxygen atoms in total. The van der Waals surface area contributed by atoms with Crippen LogP contribution in [0.4, 0.5) is 17.6 Å². The van der Waals surface area contributed by atoms with Gasteiger partial charge in [-0.3, -0.25) is 0 Å². The molecular formula is C45H47F4NO10S. The lowest BCUT2D eigenvalue weighted by Crippen LogP contribution is -2.26. The molecule has 0 heterocycles. The summed E-state index contributed by atoms with van der Waals surface area (Å²) in [6, 6.07) is 32.6. The lowest BCUT2D eigenvalue weighted by atomic mass is 10.1. The van der Waals surface area contributed by atoms with E-state index in [4.69, 9.17) is 14.6 Å². The molecule has 0 aliphatic heterocycles. The van der Waals surface area contributed by atoms with Gasteiger partial charge in [-0.25, -0.2) is 40.3 Å². The largest absolute Gasteiger partial charge is 0.489 e. The molecule has 0 atom stereocenters. The van der Waals surface area contributed by atoms with Crippen LogP contribution in [0.2, 0.25) is 0 Å². The number of hydrogen-bond acceptors (Lipinski definition) is 6. The molecule has 0 saturated carbocycles. The zero-order valence-electron chi connectivity index (χ0n) is 33.2. The fourth-order valence-corrected chi connectivity index (χ4v) is 6.26. The van der Waals surface area contributed by atoms with Gasteiger partial charge in [0.2, 0.25) is 10.0 Å². The van der Waals surface area contributed by atoms with Crippen molar-refractivity contribution in [3.05, 3.63) is 195 Å². The zero-order valence-corrected chi connectivity index (χ0v) is 34.0. The van der Waals surface area contributed by atoms with Crippen molar-refractivity contribution in [1.82, 2.24) is 4.72 Å². The van der Waals surface area contributed by atoms with Crippen LogP contribution in [-0.2, 0) is 29.7 Å². The van der Waals surface area contributed by atoms with Gasteiger partial charge in [0.15, 0.2) is 23.3 Å². The van der Waals surface area contributed by atoms with Crippen LogP contribution in [0.25, 0.3) is 0 Å². The van der Waals surface area contributed by atoms with E-state index >= 15 is 0 Å². The highest BCUT2D eigenvalue weighted by Gasteiger charge is 2.17. The average Bonchev–Trinajstić information content (AvgIpc) is 3.20. The van der Waals surface area contributed by atoms with Crippen LogP contribution >= 0.6 is 0 Å². The molecule has 0 radical (unpaired) electrons. The Labute approximate surface area is 352 Å². The summed E-state index contributed by atoms with van der Waals surface area (Å²) in [5, 5.41) is 17.7. The van der Waals surface area contributed by atoms with Gasteiger partial charge in [-0.15, -0.1) is 0 Å². The standard InChI is InChI=1S/C23H21F2NO5S.C14H12F2O.C8H8O2.2H2O.H2/c1-15-2-8-19(13-20(15)23(27)28)32(29,30)26-11-10-16-3-6-18(7-4-16)31-14-17-5-9-21(24)22(25)12-17;1-10-2-5-12(6-3-10)17-9-11-4-7-13(15)14(16)8-11;1-6-4-2-3-5-7(6)8(9)10;;;/h2-9,12-13,26H,10-11,14H2,1H3,(H,27,28);2-8H,9H2,1H3;2-5H,1H3,(H,9,10);2*1H2;1H. The van der Waals surface area contributed by atoms with Gasteiger partial charge in [-0.1, -0.05) is 66.2 Å². The van der Waals surface area contributed by atoms with Crippen LogP contribution in [0.3, 0.4) is 0 Å². The summed E-state index contributed by atoms with van der Waals surface area (Å²) in [4.78, 5) is 21.5. The van der Waals surface area contributed by atoms with Crippen molar-refractivity contribution < 1.29 is 67.6 Å². The van der Waals surface area contributed by atoms with Gasteiger partial charge >= 0.3 is 11.9 Å². The first-order chi connectivity index (χ1) is 28.0. The van der Waals surface area contributed by atoms with Crippen LogP contribution in [0.15, 0.2) is 132 Å². The van der Waals surface area contributed by atoms with Crippen LogP contribution in [0.1, 0.15) is 55.5 Å². The predicted molar refractivity (Wildman–Crippen MR) is 224 cm³/mol. The molecule has 61 heavy (non-hydrogen) atoms. The van der Waals surface area contributed by atoms with E-state index in [1.54, 1.807) is 56.3 Å². The molecule has 6 aromatic carbocycles. The van der Waals surface area contributed by atoms with Crippen molar-refractivity contribution in [3.8, 4) is 11.5 Å². The molecular weight excluding hydrogens is 823 g/mol. The fourth-order valence-electron chi connectivity index (χ4n) is 5.20. The van der Waals surface area contributed by atoms with Crippen LogP contribution in [0, 0.1) is 44.0 Å². The minimum Gasteiger partial charge on any atom is -0.489 e. The van der Waals surface area contributed by atoms with Crippen molar-refractivity contribution in [1.29, 1.82) is 0 Å². The first-order valence-electron chi connectivity index (χ1n) is 17.9.